The lowest BCUT2D eigenvalue weighted by molar-refractivity contribution is 0.0954. The van der Waals surface area contributed by atoms with Crippen molar-refractivity contribution in [3.05, 3.63) is 47.6 Å². The Labute approximate surface area is 116 Å². The molecule has 0 bridgehead atoms. The first-order valence-electron chi connectivity index (χ1n) is 6.12. The fourth-order valence-corrected chi connectivity index (χ4v) is 1.55. The van der Waals surface area contributed by atoms with Crippen LogP contribution >= 0.6 is 0 Å². The van der Waals surface area contributed by atoms with E-state index in [1.54, 1.807) is 24.3 Å². The molecule has 2 rings (SSSR count). The summed E-state index contributed by atoms with van der Waals surface area (Å²) in [4.78, 5) is 15.7. The summed E-state index contributed by atoms with van der Waals surface area (Å²) in [7, 11) is 0. The van der Waals surface area contributed by atoms with E-state index in [9.17, 15) is 4.79 Å². The summed E-state index contributed by atoms with van der Waals surface area (Å²) >= 11 is 0. The zero-order valence-corrected chi connectivity index (χ0v) is 10.8. The number of carbonyl (C=O) groups is 1. The number of benzene rings is 1. The summed E-state index contributed by atoms with van der Waals surface area (Å²) in [5.74, 6) is 6.08. The zero-order chi connectivity index (χ0) is 14.2. The van der Waals surface area contributed by atoms with Gasteiger partial charge in [0.25, 0.3) is 5.91 Å². The lowest BCUT2D eigenvalue weighted by atomic mass is 10.1. The van der Waals surface area contributed by atoms with E-state index in [-0.39, 0.29) is 5.91 Å². The number of aromatic nitrogens is 2. The van der Waals surface area contributed by atoms with Gasteiger partial charge in [0, 0.05) is 24.1 Å². The van der Waals surface area contributed by atoms with Crippen molar-refractivity contribution in [2.24, 2.45) is 5.73 Å². The molecule has 1 aromatic carbocycles. The number of carbonyl (C=O) groups excluding carboxylic acids is 1. The van der Waals surface area contributed by atoms with Crippen molar-refractivity contribution in [1.82, 2.24) is 15.5 Å². The zero-order valence-electron chi connectivity index (χ0n) is 10.8. The van der Waals surface area contributed by atoms with E-state index >= 15 is 0 Å². The maximum absolute atomic E-state index is 11.9. The van der Waals surface area contributed by atoms with Crippen molar-refractivity contribution >= 4 is 5.91 Å². The van der Waals surface area contributed by atoms with Gasteiger partial charge in [-0.3, -0.25) is 4.79 Å². The number of hydrogen-bond donors (Lipinski definition) is 2. The van der Waals surface area contributed by atoms with Crippen molar-refractivity contribution in [1.29, 1.82) is 0 Å². The second-order valence-corrected chi connectivity index (χ2v) is 3.94. The summed E-state index contributed by atoms with van der Waals surface area (Å²) in [6.07, 6.45) is 1.79. The predicted octanol–water partition coefficient (Wildman–Crippen LogP) is 0.352. The molecule has 0 aliphatic heterocycles. The monoisotopic (exact) mass is 270 g/mol. The number of hydrogen-bond acceptors (Lipinski definition) is 5. The van der Waals surface area contributed by atoms with Gasteiger partial charge in [-0.1, -0.05) is 17.0 Å². The Bertz CT molecular complexity index is 609. The predicted molar refractivity (Wildman–Crippen MR) is 72.7 cm³/mol. The van der Waals surface area contributed by atoms with Gasteiger partial charge in [0.2, 0.25) is 6.39 Å². The van der Waals surface area contributed by atoms with Crippen LogP contribution in [-0.4, -0.2) is 29.1 Å². The van der Waals surface area contributed by atoms with Gasteiger partial charge in [-0.15, -0.1) is 0 Å². The SMILES string of the molecule is NCC#Cc1ccc(C(=O)NCCc2ncon2)cc1. The van der Waals surface area contributed by atoms with E-state index < -0.39 is 0 Å². The standard InChI is InChI=1S/C14H14N4O2/c15-8-1-2-11-3-5-12(6-4-11)14(19)16-9-7-13-17-10-20-18-13/h3-6,10H,7-9,15H2,(H,16,19). The molecular formula is C14H14N4O2. The molecule has 6 heteroatoms. The van der Waals surface area contributed by atoms with E-state index in [4.69, 9.17) is 5.73 Å². The summed E-state index contributed by atoms with van der Waals surface area (Å²) in [6.45, 7) is 0.769. The fraction of sp³-hybridized carbons (Fsp3) is 0.214. The van der Waals surface area contributed by atoms with Crippen LogP contribution in [0.2, 0.25) is 0 Å². The number of nitrogens with one attached hydrogen (secondary N) is 1. The number of rotatable bonds is 4. The maximum atomic E-state index is 11.9. The highest BCUT2D eigenvalue weighted by atomic mass is 16.5. The molecule has 20 heavy (non-hydrogen) atoms. The third-order valence-electron chi connectivity index (χ3n) is 2.52. The summed E-state index contributed by atoms with van der Waals surface area (Å²) in [5, 5.41) is 6.45. The molecule has 0 radical (unpaired) electrons. The van der Waals surface area contributed by atoms with Crippen molar-refractivity contribution in [3.8, 4) is 11.8 Å². The lowest BCUT2D eigenvalue weighted by Gasteiger charge is -2.03. The molecule has 0 spiro atoms. The van der Waals surface area contributed by atoms with Gasteiger partial charge in [0.1, 0.15) is 0 Å². The molecule has 1 amide bonds. The molecule has 0 saturated carbocycles. The van der Waals surface area contributed by atoms with Crippen molar-refractivity contribution in [3.63, 3.8) is 0 Å². The molecule has 6 nitrogen and oxygen atoms in total. The molecule has 3 N–H and O–H groups in total. The smallest absolute Gasteiger partial charge is 0.251 e. The molecule has 2 aromatic rings. The number of amides is 1. The highest BCUT2D eigenvalue weighted by Crippen LogP contribution is 2.03. The third-order valence-corrected chi connectivity index (χ3v) is 2.52. The van der Waals surface area contributed by atoms with E-state index in [2.05, 4.69) is 31.8 Å². The molecule has 0 fully saturated rings. The van der Waals surface area contributed by atoms with Crippen molar-refractivity contribution in [2.75, 3.05) is 13.1 Å². The van der Waals surface area contributed by atoms with Gasteiger partial charge in [0.05, 0.1) is 6.54 Å². The van der Waals surface area contributed by atoms with Crippen LogP contribution in [0.3, 0.4) is 0 Å². The van der Waals surface area contributed by atoms with Crippen LogP contribution in [0.15, 0.2) is 35.2 Å². The number of nitrogens with zero attached hydrogens (tertiary/aromatic N) is 2. The van der Waals surface area contributed by atoms with E-state index in [1.807, 2.05) is 0 Å². The van der Waals surface area contributed by atoms with Gasteiger partial charge in [-0.05, 0) is 24.3 Å². The van der Waals surface area contributed by atoms with Crippen LogP contribution in [0.1, 0.15) is 21.7 Å². The van der Waals surface area contributed by atoms with Gasteiger partial charge in [-0.2, -0.15) is 4.98 Å². The Kier molecular flexibility index (Phi) is 4.87. The van der Waals surface area contributed by atoms with Crippen LogP contribution in [-0.2, 0) is 6.42 Å². The van der Waals surface area contributed by atoms with Crippen molar-refractivity contribution < 1.29 is 9.32 Å². The molecule has 0 aliphatic rings. The Morgan fingerprint density at radius 2 is 2.15 bits per heavy atom. The Balaban J connectivity index is 1.85. The quantitative estimate of drug-likeness (QED) is 0.782. The topological polar surface area (TPSA) is 94.0 Å². The van der Waals surface area contributed by atoms with Crippen LogP contribution in [0.4, 0.5) is 0 Å². The summed E-state index contributed by atoms with van der Waals surface area (Å²) in [5.41, 5.74) is 6.71. The van der Waals surface area contributed by atoms with E-state index in [1.165, 1.54) is 6.39 Å². The normalized spacial score (nSPS) is 9.65. The second-order valence-electron chi connectivity index (χ2n) is 3.94. The molecule has 0 unspecified atom stereocenters. The molecule has 1 heterocycles. The largest absolute Gasteiger partial charge is 0.352 e. The molecule has 1 aromatic heterocycles. The maximum Gasteiger partial charge on any atom is 0.251 e. The van der Waals surface area contributed by atoms with Crippen LogP contribution < -0.4 is 11.1 Å². The first-order valence-corrected chi connectivity index (χ1v) is 6.12. The van der Waals surface area contributed by atoms with E-state index in [0.29, 0.717) is 30.9 Å². The van der Waals surface area contributed by atoms with Crippen LogP contribution in [0, 0.1) is 11.8 Å². The Hall–Kier alpha value is -2.65. The number of nitrogens with two attached hydrogens (primary N) is 1. The Morgan fingerprint density at radius 1 is 1.35 bits per heavy atom. The first-order chi connectivity index (χ1) is 9.79. The minimum atomic E-state index is -0.146. The highest BCUT2D eigenvalue weighted by molar-refractivity contribution is 5.94. The van der Waals surface area contributed by atoms with Gasteiger partial charge >= 0.3 is 0 Å². The van der Waals surface area contributed by atoms with Crippen LogP contribution in [0.5, 0.6) is 0 Å². The minimum Gasteiger partial charge on any atom is -0.352 e. The van der Waals surface area contributed by atoms with Gasteiger partial charge in [-0.25, -0.2) is 0 Å². The molecular weight excluding hydrogens is 256 g/mol. The first kappa shape index (κ1) is 13.8. The second kappa shape index (κ2) is 7.07. The summed E-state index contributed by atoms with van der Waals surface area (Å²) in [6, 6.07) is 7.03. The molecule has 0 aliphatic carbocycles. The van der Waals surface area contributed by atoms with Crippen molar-refractivity contribution in [2.45, 2.75) is 6.42 Å². The fourth-order valence-electron chi connectivity index (χ4n) is 1.55. The molecule has 0 saturated heterocycles. The Morgan fingerprint density at radius 3 is 2.80 bits per heavy atom. The highest BCUT2D eigenvalue weighted by Gasteiger charge is 2.05. The van der Waals surface area contributed by atoms with Gasteiger partial charge in [0.15, 0.2) is 5.82 Å². The minimum absolute atomic E-state index is 0.146. The third kappa shape index (κ3) is 3.93. The van der Waals surface area contributed by atoms with E-state index in [0.717, 1.165) is 5.56 Å². The molecule has 102 valence electrons. The summed E-state index contributed by atoms with van der Waals surface area (Å²) < 4.78 is 4.61. The molecule has 0 atom stereocenters. The van der Waals surface area contributed by atoms with Crippen LogP contribution in [0.25, 0.3) is 0 Å². The average Bonchev–Trinajstić information content (AvgIpc) is 2.99. The van der Waals surface area contributed by atoms with Gasteiger partial charge < -0.3 is 15.6 Å². The lowest BCUT2D eigenvalue weighted by Crippen LogP contribution is -2.25. The average molecular weight is 270 g/mol.